The van der Waals surface area contributed by atoms with Gasteiger partial charge in [-0.2, -0.15) is 0 Å². The van der Waals surface area contributed by atoms with E-state index >= 15 is 0 Å². The Bertz CT molecular complexity index is 314. The molecule has 0 unspecified atom stereocenters. The molecule has 0 spiro atoms. The molecule has 0 aromatic carbocycles. The van der Waals surface area contributed by atoms with E-state index in [0.717, 1.165) is 58.5 Å². The minimum absolute atomic E-state index is 0.301. The molecule has 1 rings (SSSR count). The Kier molecular flexibility index (Phi) is 11.0. The van der Waals surface area contributed by atoms with Crippen LogP contribution in [0.4, 0.5) is 0 Å². The van der Waals surface area contributed by atoms with Crippen molar-refractivity contribution >= 4 is 5.97 Å². The van der Waals surface area contributed by atoms with Crippen LogP contribution in [0.1, 0.15) is 58.3 Å². The highest BCUT2D eigenvalue weighted by atomic mass is 16.5. The molecule has 0 aliphatic carbocycles. The molecule has 128 valence electrons. The van der Waals surface area contributed by atoms with Crippen LogP contribution in [-0.4, -0.2) is 37.5 Å². The molecule has 1 saturated heterocycles. The molecular weight excluding hydrogens is 280 g/mol. The van der Waals surface area contributed by atoms with Crippen LogP contribution >= 0.6 is 0 Å². The summed E-state index contributed by atoms with van der Waals surface area (Å²) >= 11 is 0. The summed E-state index contributed by atoms with van der Waals surface area (Å²) in [5, 5.41) is 8.59. The zero-order chi connectivity index (χ0) is 16.0. The number of ether oxygens (including phenoxy) is 2. The van der Waals surface area contributed by atoms with Crippen molar-refractivity contribution in [3.05, 3.63) is 12.2 Å². The monoisotopic (exact) mass is 312 g/mol. The summed E-state index contributed by atoms with van der Waals surface area (Å²) in [5.41, 5.74) is 0. The zero-order valence-corrected chi connectivity index (χ0v) is 14.0. The van der Waals surface area contributed by atoms with E-state index in [1.54, 1.807) is 0 Å². The Labute approximate surface area is 134 Å². The topological polar surface area (TPSA) is 55.8 Å². The van der Waals surface area contributed by atoms with Crippen LogP contribution in [0.3, 0.4) is 0 Å². The second-order valence-corrected chi connectivity index (χ2v) is 6.15. The summed E-state index contributed by atoms with van der Waals surface area (Å²) in [6, 6.07) is 0. The maximum Gasteiger partial charge on any atom is 0.303 e. The summed E-state index contributed by atoms with van der Waals surface area (Å²) in [7, 11) is 0. The highest BCUT2D eigenvalue weighted by molar-refractivity contribution is 5.66. The normalized spacial score (nSPS) is 21.7. The molecule has 0 saturated carbocycles. The van der Waals surface area contributed by atoms with E-state index in [4.69, 9.17) is 14.6 Å². The first-order chi connectivity index (χ1) is 10.7. The molecular formula is C18H32O4. The first-order valence-electron chi connectivity index (χ1n) is 8.76. The molecule has 0 aromatic heterocycles. The molecule has 0 bridgehead atoms. The van der Waals surface area contributed by atoms with Crippen molar-refractivity contribution in [2.45, 2.75) is 58.3 Å². The van der Waals surface area contributed by atoms with Crippen LogP contribution < -0.4 is 0 Å². The first-order valence-corrected chi connectivity index (χ1v) is 8.76. The van der Waals surface area contributed by atoms with Gasteiger partial charge in [-0.05, 0) is 31.6 Å². The van der Waals surface area contributed by atoms with Crippen molar-refractivity contribution in [3.63, 3.8) is 0 Å². The van der Waals surface area contributed by atoms with Crippen molar-refractivity contribution < 1.29 is 19.4 Å². The molecule has 1 N–H and O–H groups in total. The van der Waals surface area contributed by atoms with Crippen LogP contribution in [-0.2, 0) is 14.3 Å². The number of rotatable bonds is 13. The van der Waals surface area contributed by atoms with Gasteiger partial charge in [0.05, 0.1) is 19.8 Å². The first kappa shape index (κ1) is 19.2. The van der Waals surface area contributed by atoms with Crippen molar-refractivity contribution in [2.24, 2.45) is 11.8 Å². The summed E-state index contributed by atoms with van der Waals surface area (Å²) in [6.07, 6.45) is 12.0. The maximum absolute atomic E-state index is 10.4. The van der Waals surface area contributed by atoms with Crippen LogP contribution in [0.5, 0.6) is 0 Å². The molecule has 4 nitrogen and oxygen atoms in total. The second-order valence-electron chi connectivity index (χ2n) is 6.15. The van der Waals surface area contributed by atoms with E-state index in [2.05, 4.69) is 19.1 Å². The van der Waals surface area contributed by atoms with Crippen molar-refractivity contribution in [2.75, 3.05) is 26.4 Å². The molecule has 2 atom stereocenters. The van der Waals surface area contributed by atoms with Gasteiger partial charge in [-0.1, -0.05) is 38.3 Å². The number of hydrogen-bond acceptors (Lipinski definition) is 3. The Balaban J connectivity index is 2.02. The lowest BCUT2D eigenvalue weighted by molar-refractivity contribution is -0.137. The van der Waals surface area contributed by atoms with Crippen molar-refractivity contribution in [1.82, 2.24) is 0 Å². The summed E-state index contributed by atoms with van der Waals surface area (Å²) in [5.74, 6) is 0.468. The van der Waals surface area contributed by atoms with Gasteiger partial charge in [0, 0.05) is 18.9 Å². The van der Waals surface area contributed by atoms with E-state index in [-0.39, 0.29) is 0 Å². The summed E-state index contributed by atoms with van der Waals surface area (Å²) in [4.78, 5) is 10.4. The average molecular weight is 312 g/mol. The number of carbonyl (C=O) groups is 1. The van der Waals surface area contributed by atoms with E-state index in [9.17, 15) is 4.79 Å². The van der Waals surface area contributed by atoms with Gasteiger partial charge in [0.2, 0.25) is 0 Å². The van der Waals surface area contributed by atoms with Gasteiger partial charge in [-0.3, -0.25) is 4.79 Å². The molecule has 4 heteroatoms. The number of unbranched alkanes of at least 4 members (excludes halogenated alkanes) is 3. The largest absolute Gasteiger partial charge is 0.481 e. The Hall–Kier alpha value is -0.870. The number of hydrogen-bond donors (Lipinski definition) is 1. The second kappa shape index (κ2) is 12.7. The molecule has 1 aliphatic rings. The number of allylic oxidation sites excluding steroid dienone is 1. The van der Waals surface area contributed by atoms with Crippen LogP contribution in [0, 0.1) is 11.8 Å². The SMILES string of the molecule is CCC=CCCOC[C@H]1COC[C@@H]1CCCCCCC(=O)O. The highest BCUT2D eigenvalue weighted by Crippen LogP contribution is 2.26. The Morgan fingerprint density at radius 2 is 1.95 bits per heavy atom. The Morgan fingerprint density at radius 1 is 1.18 bits per heavy atom. The van der Waals surface area contributed by atoms with E-state index < -0.39 is 5.97 Å². The van der Waals surface area contributed by atoms with Gasteiger partial charge in [0.25, 0.3) is 0 Å². The summed E-state index contributed by atoms with van der Waals surface area (Å²) in [6.45, 7) is 5.44. The fraction of sp³-hybridized carbons (Fsp3) is 0.833. The minimum atomic E-state index is -0.685. The fourth-order valence-electron chi connectivity index (χ4n) is 2.85. The predicted octanol–water partition coefficient (Wildman–Crippen LogP) is 4.05. The third-order valence-corrected chi connectivity index (χ3v) is 4.21. The van der Waals surface area contributed by atoms with E-state index in [1.165, 1.54) is 12.8 Å². The fourth-order valence-corrected chi connectivity index (χ4v) is 2.85. The maximum atomic E-state index is 10.4. The van der Waals surface area contributed by atoms with Gasteiger partial charge in [0.15, 0.2) is 0 Å². The molecule has 1 heterocycles. The van der Waals surface area contributed by atoms with Crippen molar-refractivity contribution in [1.29, 1.82) is 0 Å². The number of carboxylic acid groups (broad SMARTS) is 1. The smallest absolute Gasteiger partial charge is 0.303 e. The lowest BCUT2D eigenvalue weighted by Gasteiger charge is -2.17. The molecule has 0 radical (unpaired) electrons. The minimum Gasteiger partial charge on any atom is -0.481 e. The van der Waals surface area contributed by atoms with Gasteiger partial charge in [-0.15, -0.1) is 0 Å². The Morgan fingerprint density at radius 3 is 2.73 bits per heavy atom. The summed E-state index contributed by atoms with van der Waals surface area (Å²) < 4.78 is 11.4. The molecule has 22 heavy (non-hydrogen) atoms. The quantitative estimate of drug-likeness (QED) is 0.412. The third kappa shape index (κ3) is 9.21. The van der Waals surface area contributed by atoms with Crippen LogP contribution in [0.2, 0.25) is 0 Å². The van der Waals surface area contributed by atoms with E-state index in [0.29, 0.717) is 18.3 Å². The lowest BCUT2D eigenvalue weighted by Crippen LogP contribution is -2.18. The lowest BCUT2D eigenvalue weighted by atomic mass is 9.91. The van der Waals surface area contributed by atoms with E-state index in [1.807, 2.05) is 0 Å². The van der Waals surface area contributed by atoms with Crippen molar-refractivity contribution in [3.8, 4) is 0 Å². The van der Waals surface area contributed by atoms with Gasteiger partial charge in [-0.25, -0.2) is 0 Å². The average Bonchev–Trinajstić information content (AvgIpc) is 2.93. The van der Waals surface area contributed by atoms with Crippen LogP contribution in [0.25, 0.3) is 0 Å². The van der Waals surface area contributed by atoms with Gasteiger partial charge in [0.1, 0.15) is 0 Å². The standard InChI is InChI=1S/C18H32O4/c1-2-3-4-9-12-21-14-17-15-22-13-16(17)10-7-5-6-8-11-18(19)20/h3-4,16-17H,2,5-15H2,1H3,(H,19,20)/t16-,17-/m0/s1. The molecule has 0 amide bonds. The van der Waals surface area contributed by atoms with Gasteiger partial charge < -0.3 is 14.6 Å². The molecule has 0 aromatic rings. The zero-order valence-electron chi connectivity index (χ0n) is 14.0. The predicted molar refractivity (Wildman–Crippen MR) is 88.0 cm³/mol. The van der Waals surface area contributed by atoms with Gasteiger partial charge >= 0.3 is 5.97 Å². The number of carboxylic acids is 1. The molecule has 1 aliphatic heterocycles. The molecule has 1 fully saturated rings. The number of aliphatic carboxylic acids is 1. The third-order valence-electron chi connectivity index (χ3n) is 4.21. The van der Waals surface area contributed by atoms with Crippen LogP contribution in [0.15, 0.2) is 12.2 Å². The highest BCUT2D eigenvalue weighted by Gasteiger charge is 2.27.